The Morgan fingerprint density at radius 2 is 0.506 bits per heavy atom. The molecule has 1 amide bonds. The number of carbonyl (C=O) groups is 1. The number of ether oxygens (including phenoxy) is 12. The van der Waals surface area contributed by atoms with Gasteiger partial charge in [-0.1, -0.05) is 120 Å². The third-order valence-corrected chi connectivity index (χ3v) is 12.6. The van der Waals surface area contributed by atoms with Gasteiger partial charge in [0, 0.05) is 5.56 Å². The number of amides is 1. The van der Waals surface area contributed by atoms with Crippen LogP contribution >= 0.6 is 0 Å². The fourth-order valence-corrected chi connectivity index (χ4v) is 7.75. The third kappa shape index (κ3) is 22.9. The molecule has 0 saturated heterocycles. The van der Waals surface area contributed by atoms with Gasteiger partial charge in [-0.05, 0) is 123 Å². The molecule has 0 heterocycles. The van der Waals surface area contributed by atoms with Crippen molar-refractivity contribution in [3.8, 4) is 69.0 Å². The fourth-order valence-electron chi connectivity index (χ4n) is 7.75. The van der Waals surface area contributed by atoms with Gasteiger partial charge in [0.05, 0.1) is 59.5 Å². The first-order chi connectivity index (χ1) is 38.7. The third-order valence-electron chi connectivity index (χ3n) is 12.6. The Hall–Kier alpha value is -6.09. The second-order valence-corrected chi connectivity index (χ2v) is 19.7. The van der Waals surface area contributed by atoms with Crippen LogP contribution in [0.4, 0.5) is 0 Å². The Morgan fingerprint density at radius 1 is 0.304 bits per heavy atom. The predicted octanol–water partition coefficient (Wildman–Crippen LogP) is 15.6. The Bertz CT molecular complexity index is 2120. The molecule has 0 saturated carbocycles. The number of hydrazine groups is 1. The number of hydrogen-bond donors (Lipinski definition) is 2. The highest BCUT2D eigenvalue weighted by atomic mass is 16.6. The lowest BCUT2D eigenvalue weighted by Gasteiger charge is -2.22. The average molecular weight is 1100 g/mol. The van der Waals surface area contributed by atoms with E-state index in [4.69, 9.17) is 62.7 Å². The van der Waals surface area contributed by atoms with E-state index in [0.717, 1.165) is 132 Å². The highest BCUT2D eigenvalue weighted by Crippen LogP contribution is 2.46. The second kappa shape index (κ2) is 39.3. The molecule has 442 valence electrons. The molecule has 0 spiro atoms. The monoisotopic (exact) mass is 1100 g/mol. The van der Waals surface area contributed by atoms with Crippen LogP contribution in [0.15, 0.2) is 48.5 Å². The molecule has 4 rings (SSSR count). The molecular weight excluding hydrogens is 1000 g/mol. The van der Waals surface area contributed by atoms with E-state index in [1.54, 1.807) is 12.1 Å². The van der Waals surface area contributed by atoms with Crippen molar-refractivity contribution in [1.29, 1.82) is 0 Å². The van der Waals surface area contributed by atoms with Crippen LogP contribution in [0.5, 0.6) is 69.0 Å². The Labute approximate surface area is 474 Å². The zero-order valence-corrected chi connectivity index (χ0v) is 49.7. The Kier molecular flexibility index (Phi) is 32.6. The summed E-state index contributed by atoms with van der Waals surface area (Å²) in [6, 6.07) is 14.8. The molecule has 0 aliphatic rings. The number of nitrogens with one attached hydrogen (secondary N) is 1. The van der Waals surface area contributed by atoms with Crippen LogP contribution in [0, 0.1) is 0 Å². The standard InChI is InChI=1S/C64H98N2O13/c1-10-19-28-68-52-37-48(38-53(69-29-20-11-2)60(52)74-34-25-16-7)45-77-58-43-51(64(67)66-65)44-59(78-46-49-39-54(70-30-21-12-3)61(75-35-26-17-8)55(40-49)71-31-22-13-4)63(58)79-47-50-41-56(72-32-23-14-5)62(76-36-27-18-9)57(42-50)73-33-24-15-6/h37-44H,10-36,45-47,65H2,1-9H3,(H,66,67). The smallest absolute Gasteiger partial charge is 0.265 e. The van der Waals surface area contributed by atoms with Crippen molar-refractivity contribution < 1.29 is 61.6 Å². The SMILES string of the molecule is CCCCOc1cc(COc2cc(C(=O)NN)cc(OCc3cc(OCCCC)c(OCCCC)c(OCCCC)c3)c2OCc2cc(OCCCC)c(OCCCC)c(OCCCC)c2)cc(OCCCC)c1OCCCC. The molecule has 79 heavy (non-hydrogen) atoms. The summed E-state index contributed by atoms with van der Waals surface area (Å²) in [6.07, 6.45) is 16.6. The molecule has 0 bridgehead atoms. The van der Waals surface area contributed by atoms with E-state index >= 15 is 0 Å². The molecule has 15 nitrogen and oxygen atoms in total. The van der Waals surface area contributed by atoms with Gasteiger partial charge >= 0.3 is 0 Å². The van der Waals surface area contributed by atoms with Crippen molar-refractivity contribution >= 4 is 5.91 Å². The minimum atomic E-state index is -0.554. The summed E-state index contributed by atoms with van der Waals surface area (Å²) >= 11 is 0. The van der Waals surface area contributed by atoms with Gasteiger partial charge in [-0.15, -0.1) is 0 Å². The summed E-state index contributed by atoms with van der Waals surface area (Å²) in [6.45, 7) is 23.8. The Morgan fingerprint density at radius 3 is 0.734 bits per heavy atom. The minimum Gasteiger partial charge on any atom is -0.490 e. The van der Waals surface area contributed by atoms with Crippen LogP contribution in [0.25, 0.3) is 0 Å². The molecule has 0 atom stereocenters. The molecule has 3 N–H and O–H groups in total. The largest absolute Gasteiger partial charge is 0.490 e. The van der Waals surface area contributed by atoms with Crippen molar-refractivity contribution in [2.24, 2.45) is 5.84 Å². The van der Waals surface area contributed by atoms with Crippen LogP contribution in [-0.2, 0) is 19.8 Å². The lowest BCUT2D eigenvalue weighted by atomic mass is 10.1. The maximum absolute atomic E-state index is 13.6. The van der Waals surface area contributed by atoms with Gasteiger partial charge < -0.3 is 56.8 Å². The van der Waals surface area contributed by atoms with Crippen molar-refractivity contribution in [3.05, 3.63) is 70.8 Å². The van der Waals surface area contributed by atoms with Gasteiger partial charge in [-0.2, -0.15) is 0 Å². The zero-order valence-electron chi connectivity index (χ0n) is 49.7. The molecule has 0 unspecified atom stereocenters. The van der Waals surface area contributed by atoms with Gasteiger partial charge in [-0.3, -0.25) is 10.2 Å². The van der Waals surface area contributed by atoms with Gasteiger partial charge in [0.25, 0.3) is 5.91 Å². The summed E-state index contributed by atoms with van der Waals surface area (Å²) in [5.41, 5.74) is 4.73. The maximum Gasteiger partial charge on any atom is 0.265 e. The topological polar surface area (TPSA) is 166 Å². The summed E-state index contributed by atoms with van der Waals surface area (Å²) in [5, 5.41) is 0. The van der Waals surface area contributed by atoms with E-state index < -0.39 is 5.91 Å². The van der Waals surface area contributed by atoms with Crippen molar-refractivity contribution in [3.63, 3.8) is 0 Å². The molecule has 4 aromatic carbocycles. The molecule has 15 heteroatoms. The fraction of sp³-hybridized carbons (Fsp3) is 0.609. The number of nitrogen functional groups attached to an aromatic ring is 1. The second-order valence-electron chi connectivity index (χ2n) is 19.7. The first-order valence-electron chi connectivity index (χ1n) is 29.9. The van der Waals surface area contributed by atoms with Crippen LogP contribution in [-0.4, -0.2) is 65.4 Å². The molecular formula is C64H98N2O13. The highest BCUT2D eigenvalue weighted by molar-refractivity contribution is 5.95. The summed E-state index contributed by atoms with van der Waals surface area (Å²) < 4.78 is 78.2. The number of carbonyl (C=O) groups excluding carboxylic acids is 1. The quantitative estimate of drug-likeness (QED) is 0.0186. The van der Waals surface area contributed by atoms with Gasteiger partial charge in [0.1, 0.15) is 19.8 Å². The van der Waals surface area contributed by atoms with Crippen molar-refractivity contribution in [1.82, 2.24) is 5.43 Å². The number of rotatable bonds is 46. The van der Waals surface area contributed by atoms with Crippen molar-refractivity contribution in [2.45, 2.75) is 198 Å². The summed E-state index contributed by atoms with van der Waals surface area (Å²) in [7, 11) is 0. The van der Waals surface area contributed by atoms with Crippen LogP contribution < -0.4 is 68.1 Å². The van der Waals surface area contributed by atoms with Crippen LogP contribution in [0.1, 0.15) is 205 Å². The predicted molar refractivity (Wildman–Crippen MR) is 314 cm³/mol. The van der Waals surface area contributed by atoms with Gasteiger partial charge in [0.2, 0.25) is 23.0 Å². The minimum absolute atomic E-state index is 0.0258. The van der Waals surface area contributed by atoms with E-state index in [1.807, 2.05) is 36.4 Å². The first-order valence-corrected chi connectivity index (χ1v) is 29.9. The summed E-state index contributed by atoms with van der Waals surface area (Å²) in [4.78, 5) is 13.6. The van der Waals surface area contributed by atoms with Crippen LogP contribution in [0.2, 0.25) is 0 Å². The average Bonchev–Trinajstić information content (AvgIpc) is 3.45. The molecule has 4 aromatic rings. The molecule has 0 aliphatic carbocycles. The molecule has 0 aromatic heterocycles. The molecule has 0 radical (unpaired) electrons. The number of unbranched alkanes of at least 4 members (excludes halogenated alkanes) is 9. The van der Waals surface area contributed by atoms with E-state index in [0.29, 0.717) is 111 Å². The lowest BCUT2D eigenvalue weighted by Crippen LogP contribution is -2.30. The van der Waals surface area contributed by atoms with Gasteiger partial charge in [-0.25, -0.2) is 5.84 Å². The Balaban J connectivity index is 1.93. The van der Waals surface area contributed by atoms with E-state index in [-0.39, 0.29) is 42.6 Å². The maximum atomic E-state index is 13.6. The molecule has 0 fully saturated rings. The highest BCUT2D eigenvalue weighted by Gasteiger charge is 2.24. The number of benzene rings is 4. The number of nitrogens with two attached hydrogens (primary N) is 1. The summed E-state index contributed by atoms with van der Waals surface area (Å²) in [5.74, 6) is 11.1. The van der Waals surface area contributed by atoms with E-state index in [2.05, 4.69) is 67.7 Å². The van der Waals surface area contributed by atoms with Crippen molar-refractivity contribution in [2.75, 3.05) is 59.5 Å². The zero-order chi connectivity index (χ0) is 56.9. The first kappa shape index (κ1) is 65.4. The normalized spacial score (nSPS) is 11.0. The lowest BCUT2D eigenvalue weighted by molar-refractivity contribution is 0.0952. The number of hydrogen-bond acceptors (Lipinski definition) is 14. The van der Waals surface area contributed by atoms with E-state index in [9.17, 15) is 4.79 Å². The van der Waals surface area contributed by atoms with Gasteiger partial charge in [0.15, 0.2) is 46.0 Å². The van der Waals surface area contributed by atoms with Crippen LogP contribution in [0.3, 0.4) is 0 Å². The van der Waals surface area contributed by atoms with E-state index in [1.165, 1.54) is 0 Å². The molecule has 0 aliphatic heterocycles.